The van der Waals surface area contributed by atoms with Gasteiger partial charge in [-0.05, 0) is 0 Å². The second-order valence-corrected chi connectivity index (χ2v) is 0. The molecule has 20 nitrogen and oxygen atoms in total. The van der Waals surface area contributed by atoms with E-state index in [9.17, 15) is 0 Å². The molecule has 188 valence electrons. The smallest absolute Gasteiger partial charge is 2.00 e. The van der Waals surface area contributed by atoms with E-state index >= 15 is 0 Å². The molecule has 0 fully saturated rings. The summed E-state index contributed by atoms with van der Waals surface area (Å²) in [6.45, 7) is 0. The largest absolute Gasteiger partial charge is 2.00 e. The summed E-state index contributed by atoms with van der Waals surface area (Å²) in [6.07, 6.45) is 0. The molecule has 0 aliphatic heterocycles. The molecule has 26 heavy (non-hydrogen) atoms. The van der Waals surface area contributed by atoms with Gasteiger partial charge in [-0.2, -0.15) is 0 Å². The van der Waals surface area contributed by atoms with E-state index in [0.29, 0.717) is 0 Å². The molecule has 0 saturated carbocycles. The molecule has 26 heteroatoms. The van der Waals surface area contributed by atoms with E-state index in [1.807, 2.05) is 0 Å². The van der Waals surface area contributed by atoms with Crippen LogP contribution in [-0.2, 0) is 169 Å². The van der Waals surface area contributed by atoms with Crippen LogP contribution in [0.1, 0.15) is 0 Å². The van der Waals surface area contributed by atoms with Crippen molar-refractivity contribution in [2.75, 3.05) is 0 Å². The van der Waals surface area contributed by atoms with Gasteiger partial charge in [-0.15, -0.1) is 0 Å². The van der Waals surface area contributed by atoms with Crippen molar-refractivity contribution in [1.29, 1.82) is 0 Å². The molecule has 4 radical (unpaired) electrons. The second-order valence-electron chi connectivity index (χ2n) is 0. The van der Waals surface area contributed by atoms with E-state index in [-0.39, 0.29) is 267 Å². The average Bonchev–Trinajstić information content (AvgIpc) is 0. The molecule has 0 rings (SSSR count). The normalized spacial score (nSPS) is 0. The Hall–Kier alpha value is 4.37. The Morgan fingerprint density at radius 3 is 0.192 bits per heavy atom. The molecule has 0 bridgehead atoms. The van der Waals surface area contributed by atoms with Crippen molar-refractivity contribution in [3.8, 4) is 0 Å². The van der Waals surface area contributed by atoms with Gasteiger partial charge in [0.15, 0.2) is 0 Å². The maximum Gasteiger partial charge on any atom is 2.00 e. The summed E-state index contributed by atoms with van der Waals surface area (Å²) in [5, 5.41) is 0. The van der Waals surface area contributed by atoms with Gasteiger partial charge in [0.25, 0.3) is 0 Å². The Bertz CT molecular complexity index is 25.8. The third-order valence-electron chi connectivity index (χ3n) is 0. The zero-order valence-electron chi connectivity index (χ0n) is 11.4. The van der Waals surface area contributed by atoms with Crippen LogP contribution in [0.2, 0.25) is 0 Å². The molecule has 0 aromatic heterocycles. The monoisotopic (exact) mass is 1150 g/mol. The molecule has 0 amide bonds. The van der Waals surface area contributed by atoms with Gasteiger partial charge in [-0.3, -0.25) is 0 Å². The van der Waals surface area contributed by atoms with Crippen LogP contribution in [0.4, 0.5) is 0 Å². The first-order chi connectivity index (χ1) is 0. The van der Waals surface area contributed by atoms with Crippen LogP contribution >= 0.6 is 0 Å². The van der Waals surface area contributed by atoms with E-state index in [2.05, 4.69) is 0 Å². The van der Waals surface area contributed by atoms with Gasteiger partial charge in [-0.1, -0.05) is 0 Å². The minimum atomic E-state index is 0. The van der Waals surface area contributed by atoms with Crippen molar-refractivity contribution >= 4 is 75.5 Å². The third-order valence-corrected chi connectivity index (χ3v) is 0. The Kier molecular flexibility index (Phi) is 65400. The van der Waals surface area contributed by atoms with E-state index in [1.165, 1.54) is 0 Å². The van der Waals surface area contributed by atoms with Crippen molar-refractivity contribution in [1.82, 2.24) is 0 Å². The molecular formula is H7Ca2O20Re4-29. The standard InChI is InChI=1S/2Ca.4H2O.16O.4Re/h;;4*1H2;;;;;;;;;;;;;;;;;;;;/q2*+2;;;;;16*-2;;;;/p-1. The van der Waals surface area contributed by atoms with Crippen LogP contribution < -0.4 is 0 Å². The summed E-state index contributed by atoms with van der Waals surface area (Å²) in [5.74, 6) is 0. The summed E-state index contributed by atoms with van der Waals surface area (Å²) >= 11 is 0. The fourth-order valence-electron chi connectivity index (χ4n) is 0. The molecule has 0 spiro atoms. The van der Waals surface area contributed by atoms with Crippen LogP contribution in [0.3, 0.4) is 0 Å². The molecule has 0 unspecified atom stereocenters. The number of hydrogen-bond donors (Lipinski definition) is 0. The maximum absolute atomic E-state index is 0. The minimum Gasteiger partial charge on any atom is -2.00 e. The van der Waals surface area contributed by atoms with Crippen LogP contribution in [0.15, 0.2) is 0 Å². The molecule has 0 aromatic carbocycles. The average molecular weight is 1150 g/mol. The molecule has 0 saturated heterocycles. The van der Waals surface area contributed by atoms with Crippen LogP contribution in [0.25, 0.3) is 0 Å². The SMILES string of the molecule is O.O.O.[Ca+2].[Ca+2].[O-2].[O-2].[O-2].[O-2].[O-2].[O-2].[O-2].[O-2].[O-2].[O-2].[O-2].[O-2].[O-2].[O-2].[O-2].[O-2].[OH-].[Re].[Re].[Re].[Re]. The van der Waals surface area contributed by atoms with Gasteiger partial charge in [0.05, 0.1) is 0 Å². The summed E-state index contributed by atoms with van der Waals surface area (Å²) in [4.78, 5) is 0. The van der Waals surface area contributed by atoms with Gasteiger partial charge in [0.2, 0.25) is 0 Å². The Morgan fingerprint density at radius 1 is 0.192 bits per heavy atom. The molecule has 0 atom stereocenters. The minimum absolute atomic E-state index is 0. The Balaban J connectivity index is 0. The predicted molar refractivity (Wildman–Crippen MR) is 35.3 cm³/mol. The number of rotatable bonds is 0. The molecular weight excluding hydrogens is 1140 g/mol. The van der Waals surface area contributed by atoms with Gasteiger partial charge in [0, 0.05) is 81.7 Å². The molecule has 0 aromatic rings. The molecule has 0 aliphatic carbocycles. The first kappa shape index (κ1) is 1370. The van der Waals surface area contributed by atoms with Crippen molar-refractivity contribution in [3.63, 3.8) is 0 Å². The summed E-state index contributed by atoms with van der Waals surface area (Å²) in [7, 11) is 0. The van der Waals surface area contributed by atoms with Crippen LogP contribution in [0, 0.1) is 0 Å². The van der Waals surface area contributed by atoms with Gasteiger partial charge in [0.1, 0.15) is 0 Å². The van der Waals surface area contributed by atoms with Crippen molar-refractivity contribution in [2.45, 2.75) is 0 Å². The van der Waals surface area contributed by atoms with E-state index in [4.69, 9.17) is 0 Å². The van der Waals surface area contributed by atoms with Crippen LogP contribution in [0.5, 0.6) is 0 Å². The summed E-state index contributed by atoms with van der Waals surface area (Å²) in [5.41, 5.74) is 0. The van der Waals surface area contributed by atoms with Gasteiger partial charge in [-0.25, -0.2) is 0 Å². The van der Waals surface area contributed by atoms with Crippen molar-refractivity contribution < 1.29 is 191 Å². The zero-order chi connectivity index (χ0) is 0. The van der Waals surface area contributed by atoms with E-state index in [0.717, 1.165) is 0 Å². The van der Waals surface area contributed by atoms with Crippen molar-refractivity contribution in [3.05, 3.63) is 0 Å². The first-order valence-electron chi connectivity index (χ1n) is 0. The topological polar surface area (TPSA) is 580 Å². The van der Waals surface area contributed by atoms with Gasteiger partial charge >= 0.3 is 75.5 Å². The number of hydrogen-bond acceptors (Lipinski definition) is 1. The second kappa shape index (κ2) is 1240. The van der Waals surface area contributed by atoms with Crippen molar-refractivity contribution in [2.24, 2.45) is 0 Å². The zero-order valence-corrected chi connectivity index (χ0v) is 26.7. The Morgan fingerprint density at radius 2 is 0.192 bits per heavy atom. The Labute approximate surface area is 262 Å². The quantitative estimate of drug-likeness (QED) is 0.211. The third kappa shape index (κ3) is 1110. The summed E-state index contributed by atoms with van der Waals surface area (Å²) < 4.78 is 0. The van der Waals surface area contributed by atoms with Crippen LogP contribution in [-0.4, -0.2) is 97.4 Å². The predicted octanol–water partition coefficient (Wildman–Crippen LogP) is -5.32. The fraction of sp³-hybridized carbons (Fsp3) is 0. The maximum atomic E-state index is 0. The van der Waals surface area contributed by atoms with Gasteiger partial charge < -0.3 is 110 Å². The first-order valence-corrected chi connectivity index (χ1v) is 0. The molecule has 0 heterocycles. The molecule has 0 aliphatic rings. The van der Waals surface area contributed by atoms with E-state index < -0.39 is 0 Å². The fourth-order valence-corrected chi connectivity index (χ4v) is 0. The van der Waals surface area contributed by atoms with E-state index in [1.54, 1.807) is 0 Å². The summed E-state index contributed by atoms with van der Waals surface area (Å²) in [6, 6.07) is 0. The molecule has 7 N–H and O–H groups in total.